The molecule has 0 unspecified atom stereocenters. The number of benzene rings is 1. The number of hydrogen-bond acceptors (Lipinski definition) is 1. The zero-order valence-electron chi connectivity index (χ0n) is 15.6. The van der Waals surface area contributed by atoms with Gasteiger partial charge in [0.2, 0.25) is 0 Å². The van der Waals surface area contributed by atoms with E-state index in [0.717, 1.165) is 12.2 Å². The lowest BCUT2D eigenvalue weighted by molar-refractivity contribution is -0.901. The molecular formula is C21H35N3O+2. The second kappa shape index (κ2) is 9.93. The van der Waals surface area contributed by atoms with E-state index in [1.54, 1.807) is 4.90 Å². The number of rotatable bonds is 6. The number of carbonyl (C=O) groups is 1. The van der Waals surface area contributed by atoms with Crippen LogP contribution in [0.4, 0.5) is 5.69 Å². The van der Waals surface area contributed by atoms with Crippen LogP contribution in [0.3, 0.4) is 0 Å². The summed E-state index contributed by atoms with van der Waals surface area (Å²) in [7, 11) is 0. The Bertz CT molecular complexity index is 514. The van der Waals surface area contributed by atoms with Crippen LogP contribution in [-0.4, -0.2) is 31.6 Å². The molecular weight excluding hydrogens is 310 g/mol. The van der Waals surface area contributed by atoms with Crippen molar-refractivity contribution in [2.24, 2.45) is 0 Å². The summed E-state index contributed by atoms with van der Waals surface area (Å²) >= 11 is 0. The van der Waals surface area contributed by atoms with E-state index in [1.165, 1.54) is 76.4 Å². The molecule has 1 saturated heterocycles. The van der Waals surface area contributed by atoms with Gasteiger partial charge in [-0.2, -0.15) is 0 Å². The molecule has 4 nitrogen and oxygen atoms in total. The van der Waals surface area contributed by atoms with Crippen LogP contribution in [0.2, 0.25) is 0 Å². The highest BCUT2D eigenvalue weighted by molar-refractivity contribution is 5.91. The topological polar surface area (TPSA) is 50.1 Å². The fourth-order valence-electron chi connectivity index (χ4n) is 4.26. The Morgan fingerprint density at radius 1 is 0.960 bits per heavy atom. The summed E-state index contributed by atoms with van der Waals surface area (Å²) < 4.78 is 0. The maximum atomic E-state index is 12.2. The molecule has 0 bridgehead atoms. The zero-order valence-corrected chi connectivity index (χ0v) is 15.6. The van der Waals surface area contributed by atoms with Gasteiger partial charge < -0.3 is 15.5 Å². The quantitative estimate of drug-likeness (QED) is 0.719. The fraction of sp³-hybridized carbons (Fsp3) is 0.667. The molecule has 0 aromatic heterocycles. The van der Waals surface area contributed by atoms with Crippen molar-refractivity contribution in [3.05, 3.63) is 29.8 Å². The maximum absolute atomic E-state index is 12.2. The third-order valence-electron chi connectivity index (χ3n) is 5.79. The molecule has 1 aromatic rings. The smallest absolute Gasteiger partial charge is 0.279 e. The van der Waals surface area contributed by atoms with Gasteiger partial charge in [0.15, 0.2) is 6.54 Å². The highest BCUT2D eigenvalue weighted by atomic mass is 16.1. The van der Waals surface area contributed by atoms with Crippen LogP contribution >= 0.6 is 0 Å². The van der Waals surface area contributed by atoms with Crippen molar-refractivity contribution >= 4 is 11.6 Å². The van der Waals surface area contributed by atoms with Gasteiger partial charge in [0, 0.05) is 24.1 Å². The highest BCUT2D eigenvalue weighted by Gasteiger charge is 2.17. The van der Waals surface area contributed by atoms with E-state index in [2.05, 4.69) is 34.9 Å². The molecule has 2 aliphatic rings. The Morgan fingerprint density at radius 2 is 1.60 bits per heavy atom. The average Bonchev–Trinajstić information content (AvgIpc) is 3.09. The number of nitrogens with two attached hydrogens (primary N) is 1. The van der Waals surface area contributed by atoms with Crippen LogP contribution in [0.1, 0.15) is 63.4 Å². The first-order valence-electron chi connectivity index (χ1n) is 10.4. The Kier molecular flexibility index (Phi) is 7.31. The minimum Gasteiger partial charge on any atom is -0.336 e. The summed E-state index contributed by atoms with van der Waals surface area (Å²) in [4.78, 5) is 13.9. The molecule has 1 aliphatic heterocycles. The van der Waals surface area contributed by atoms with Crippen molar-refractivity contribution in [2.75, 3.05) is 25.0 Å². The molecule has 4 N–H and O–H groups in total. The normalized spacial score (nSPS) is 20.2. The summed E-state index contributed by atoms with van der Waals surface area (Å²) in [5.41, 5.74) is 2.30. The van der Waals surface area contributed by atoms with Crippen molar-refractivity contribution in [1.29, 1.82) is 0 Å². The van der Waals surface area contributed by atoms with E-state index in [9.17, 15) is 4.79 Å². The summed E-state index contributed by atoms with van der Waals surface area (Å²) in [6, 6.07) is 9.08. The number of anilines is 1. The van der Waals surface area contributed by atoms with Crippen molar-refractivity contribution in [1.82, 2.24) is 0 Å². The molecule has 0 spiro atoms. The first kappa shape index (κ1) is 18.4. The van der Waals surface area contributed by atoms with Gasteiger partial charge in [-0.05, 0) is 37.8 Å². The van der Waals surface area contributed by atoms with Gasteiger partial charge in [0.05, 0.1) is 19.1 Å². The van der Waals surface area contributed by atoms with Crippen molar-refractivity contribution in [3.63, 3.8) is 0 Å². The van der Waals surface area contributed by atoms with Gasteiger partial charge >= 0.3 is 0 Å². The lowest BCUT2D eigenvalue weighted by Crippen LogP contribution is -3.08. The predicted octanol–water partition coefficient (Wildman–Crippen LogP) is 1.48. The maximum Gasteiger partial charge on any atom is 0.279 e. The van der Waals surface area contributed by atoms with E-state index < -0.39 is 0 Å². The van der Waals surface area contributed by atoms with Crippen LogP contribution in [0.5, 0.6) is 0 Å². The van der Waals surface area contributed by atoms with E-state index in [0.29, 0.717) is 12.6 Å². The zero-order chi connectivity index (χ0) is 17.3. The van der Waals surface area contributed by atoms with E-state index in [4.69, 9.17) is 0 Å². The highest BCUT2D eigenvalue weighted by Crippen LogP contribution is 2.15. The first-order chi connectivity index (χ1) is 12.3. The molecule has 1 heterocycles. The summed E-state index contributed by atoms with van der Waals surface area (Å²) in [6.45, 7) is 4.26. The van der Waals surface area contributed by atoms with Crippen LogP contribution in [-0.2, 0) is 11.3 Å². The Morgan fingerprint density at radius 3 is 2.28 bits per heavy atom. The van der Waals surface area contributed by atoms with E-state index in [1.807, 2.05) is 0 Å². The second-order valence-corrected chi connectivity index (χ2v) is 7.92. The van der Waals surface area contributed by atoms with E-state index in [-0.39, 0.29) is 5.91 Å². The Hall–Kier alpha value is -1.39. The standard InChI is InChI=1S/C21H33N3O/c25-21(16-22-19-8-4-2-1-3-5-9-19)23-20-12-10-18(11-13-20)17-24-14-6-7-15-24/h10-13,19,22H,1-9,14-17H2,(H,23,25)/p+2. The summed E-state index contributed by atoms with van der Waals surface area (Å²) in [5, 5.41) is 5.31. The van der Waals surface area contributed by atoms with Gasteiger partial charge in [-0.1, -0.05) is 31.4 Å². The SMILES string of the molecule is O=C(C[NH2+]C1CCCCCCC1)Nc1ccc(C[NH+]2CCCC2)cc1. The minimum absolute atomic E-state index is 0.125. The second-order valence-electron chi connectivity index (χ2n) is 7.92. The molecule has 3 rings (SSSR count). The molecule has 1 aromatic carbocycles. The molecule has 138 valence electrons. The molecule has 2 fully saturated rings. The van der Waals surface area contributed by atoms with Gasteiger partial charge in [-0.15, -0.1) is 0 Å². The van der Waals surface area contributed by atoms with Crippen molar-refractivity contribution in [3.8, 4) is 0 Å². The van der Waals surface area contributed by atoms with Gasteiger partial charge in [-0.25, -0.2) is 0 Å². The fourth-order valence-corrected chi connectivity index (χ4v) is 4.26. The number of quaternary nitrogens is 2. The number of likely N-dealkylation sites (tertiary alicyclic amines) is 1. The summed E-state index contributed by atoms with van der Waals surface area (Å²) in [6.07, 6.45) is 12.0. The monoisotopic (exact) mass is 345 g/mol. The molecule has 1 saturated carbocycles. The lowest BCUT2D eigenvalue weighted by atomic mass is 9.97. The largest absolute Gasteiger partial charge is 0.336 e. The molecule has 4 heteroatoms. The summed E-state index contributed by atoms with van der Waals surface area (Å²) in [5.74, 6) is 0.125. The number of carbonyl (C=O) groups excluding carboxylic acids is 1. The third kappa shape index (κ3) is 6.44. The number of amides is 1. The number of hydrogen-bond donors (Lipinski definition) is 3. The van der Waals surface area contributed by atoms with Gasteiger partial charge in [0.1, 0.15) is 6.54 Å². The molecule has 0 atom stereocenters. The van der Waals surface area contributed by atoms with Crippen LogP contribution in [0.15, 0.2) is 24.3 Å². The van der Waals surface area contributed by atoms with Crippen molar-refractivity contribution in [2.45, 2.75) is 70.4 Å². The average molecular weight is 346 g/mol. The predicted molar refractivity (Wildman–Crippen MR) is 102 cm³/mol. The van der Waals surface area contributed by atoms with Crippen LogP contribution in [0.25, 0.3) is 0 Å². The van der Waals surface area contributed by atoms with Gasteiger partial charge in [0.25, 0.3) is 5.91 Å². The Balaban J connectivity index is 1.39. The Labute approximate surface area is 152 Å². The third-order valence-corrected chi connectivity index (χ3v) is 5.79. The molecule has 0 radical (unpaired) electrons. The van der Waals surface area contributed by atoms with Crippen LogP contribution in [0, 0.1) is 0 Å². The van der Waals surface area contributed by atoms with E-state index >= 15 is 0 Å². The lowest BCUT2D eigenvalue weighted by Gasteiger charge is -2.18. The van der Waals surface area contributed by atoms with Crippen molar-refractivity contribution < 1.29 is 15.0 Å². The molecule has 1 aliphatic carbocycles. The molecule has 1 amide bonds. The molecule has 25 heavy (non-hydrogen) atoms. The first-order valence-corrected chi connectivity index (χ1v) is 10.4. The van der Waals surface area contributed by atoms with Crippen LogP contribution < -0.4 is 15.5 Å². The minimum atomic E-state index is 0.125. The number of nitrogens with one attached hydrogen (secondary N) is 2. The van der Waals surface area contributed by atoms with Gasteiger partial charge in [-0.3, -0.25) is 4.79 Å².